The summed E-state index contributed by atoms with van der Waals surface area (Å²) >= 11 is 0. The minimum atomic E-state index is 0.829. The highest BCUT2D eigenvalue weighted by atomic mass is 16.1. The second-order valence-electron chi connectivity index (χ2n) is 2.96. The summed E-state index contributed by atoms with van der Waals surface area (Å²) in [6, 6.07) is 6.00. The number of carbonyl (C=O) groups excluding carboxylic acids is 1. The van der Waals surface area contributed by atoms with Crippen LogP contribution < -0.4 is 4.90 Å². The predicted octanol–water partition coefficient (Wildman–Crippen LogP) is 1.90. The van der Waals surface area contributed by atoms with E-state index in [2.05, 4.69) is 0 Å². The molecule has 0 spiro atoms. The molecule has 2 heteroatoms. The Kier molecular flexibility index (Phi) is 2.48. The maximum Gasteiger partial charge on any atom is 0.213 e. The molecule has 0 aliphatic rings. The molecule has 1 aromatic carbocycles. The van der Waals surface area contributed by atoms with Gasteiger partial charge in [-0.1, -0.05) is 18.2 Å². The Morgan fingerprint density at radius 3 is 2.17 bits per heavy atom. The Hall–Kier alpha value is -1.31. The number of para-hydroxylation sites is 1. The van der Waals surface area contributed by atoms with Crippen LogP contribution in [0.2, 0.25) is 0 Å². The molecule has 0 aliphatic heterocycles. The van der Waals surface area contributed by atoms with Gasteiger partial charge in [-0.3, -0.25) is 4.79 Å². The molecule has 0 atom stereocenters. The molecule has 0 radical (unpaired) electrons. The number of amides is 1. The average Bonchev–Trinajstić information content (AvgIpc) is 2.03. The molecule has 12 heavy (non-hydrogen) atoms. The first-order valence-electron chi connectivity index (χ1n) is 3.91. The van der Waals surface area contributed by atoms with E-state index in [1.54, 1.807) is 11.9 Å². The number of benzene rings is 1. The molecule has 1 aromatic rings. The molecular formula is C10H13NO. The number of hydrogen-bond acceptors (Lipinski definition) is 1. The summed E-state index contributed by atoms with van der Waals surface area (Å²) in [6.07, 6.45) is 0.829. The van der Waals surface area contributed by atoms with Crippen molar-refractivity contribution in [3.63, 3.8) is 0 Å². The molecule has 0 fully saturated rings. The minimum absolute atomic E-state index is 0.829. The maximum absolute atomic E-state index is 10.5. The summed E-state index contributed by atoms with van der Waals surface area (Å²) in [7, 11) is 1.77. The molecule has 0 unspecified atom stereocenters. The van der Waals surface area contributed by atoms with Gasteiger partial charge in [-0.05, 0) is 25.0 Å². The van der Waals surface area contributed by atoms with Crippen molar-refractivity contribution >= 4 is 12.1 Å². The Morgan fingerprint density at radius 1 is 1.25 bits per heavy atom. The third-order valence-electron chi connectivity index (χ3n) is 1.95. The molecule has 0 heterocycles. The van der Waals surface area contributed by atoms with Crippen LogP contribution in [-0.4, -0.2) is 13.5 Å². The molecule has 0 aromatic heterocycles. The number of hydrogen-bond donors (Lipinski definition) is 0. The van der Waals surface area contributed by atoms with Crippen LogP contribution in [0, 0.1) is 13.8 Å². The van der Waals surface area contributed by atoms with Gasteiger partial charge in [-0.15, -0.1) is 0 Å². The molecule has 0 saturated heterocycles. The predicted molar refractivity (Wildman–Crippen MR) is 50.4 cm³/mol. The molecular weight excluding hydrogens is 150 g/mol. The van der Waals surface area contributed by atoms with Crippen LogP contribution in [0.5, 0.6) is 0 Å². The van der Waals surface area contributed by atoms with Gasteiger partial charge in [0.2, 0.25) is 6.41 Å². The van der Waals surface area contributed by atoms with Gasteiger partial charge in [-0.2, -0.15) is 0 Å². The average molecular weight is 163 g/mol. The van der Waals surface area contributed by atoms with Crippen molar-refractivity contribution in [2.75, 3.05) is 11.9 Å². The van der Waals surface area contributed by atoms with Crippen LogP contribution in [-0.2, 0) is 4.79 Å². The fourth-order valence-electron chi connectivity index (χ4n) is 1.41. The number of anilines is 1. The first-order valence-corrected chi connectivity index (χ1v) is 3.91. The lowest BCUT2D eigenvalue weighted by Gasteiger charge is -2.16. The second-order valence-corrected chi connectivity index (χ2v) is 2.96. The van der Waals surface area contributed by atoms with Gasteiger partial charge < -0.3 is 4.90 Å². The van der Waals surface area contributed by atoms with E-state index >= 15 is 0 Å². The Labute approximate surface area is 72.8 Å². The summed E-state index contributed by atoms with van der Waals surface area (Å²) in [5.74, 6) is 0. The largest absolute Gasteiger partial charge is 0.318 e. The van der Waals surface area contributed by atoms with Crippen LogP contribution in [0.1, 0.15) is 11.1 Å². The van der Waals surface area contributed by atoms with Gasteiger partial charge in [-0.25, -0.2) is 0 Å². The van der Waals surface area contributed by atoms with Gasteiger partial charge in [0.25, 0.3) is 0 Å². The van der Waals surface area contributed by atoms with Crippen molar-refractivity contribution in [3.8, 4) is 0 Å². The molecule has 0 bridgehead atoms. The summed E-state index contributed by atoms with van der Waals surface area (Å²) < 4.78 is 0. The highest BCUT2D eigenvalue weighted by molar-refractivity contribution is 5.78. The number of carbonyl (C=O) groups is 1. The van der Waals surface area contributed by atoms with Crippen molar-refractivity contribution in [2.24, 2.45) is 0 Å². The molecule has 64 valence electrons. The number of rotatable bonds is 2. The number of nitrogens with zero attached hydrogens (tertiary/aromatic N) is 1. The lowest BCUT2D eigenvalue weighted by atomic mass is 10.1. The highest BCUT2D eigenvalue weighted by Crippen LogP contribution is 2.21. The third-order valence-corrected chi connectivity index (χ3v) is 1.95. The quantitative estimate of drug-likeness (QED) is 0.610. The molecule has 2 nitrogen and oxygen atoms in total. The van der Waals surface area contributed by atoms with Crippen LogP contribution in [0.3, 0.4) is 0 Å². The smallest absolute Gasteiger partial charge is 0.213 e. The second kappa shape index (κ2) is 3.39. The maximum atomic E-state index is 10.5. The van der Waals surface area contributed by atoms with E-state index in [9.17, 15) is 4.79 Å². The summed E-state index contributed by atoms with van der Waals surface area (Å²) in [5.41, 5.74) is 3.27. The zero-order valence-electron chi connectivity index (χ0n) is 7.66. The van der Waals surface area contributed by atoms with Gasteiger partial charge in [0.1, 0.15) is 0 Å². The van der Waals surface area contributed by atoms with Crippen molar-refractivity contribution in [1.29, 1.82) is 0 Å². The molecule has 1 amide bonds. The van der Waals surface area contributed by atoms with Gasteiger partial charge >= 0.3 is 0 Å². The normalized spacial score (nSPS) is 9.58. The fourth-order valence-corrected chi connectivity index (χ4v) is 1.41. The van der Waals surface area contributed by atoms with Crippen LogP contribution in [0.4, 0.5) is 5.69 Å². The topological polar surface area (TPSA) is 20.3 Å². The van der Waals surface area contributed by atoms with Crippen molar-refractivity contribution in [1.82, 2.24) is 0 Å². The van der Waals surface area contributed by atoms with E-state index in [1.165, 1.54) is 0 Å². The molecule has 0 aliphatic carbocycles. The fraction of sp³-hybridized carbons (Fsp3) is 0.300. The van der Waals surface area contributed by atoms with Gasteiger partial charge in [0.15, 0.2) is 0 Å². The van der Waals surface area contributed by atoms with E-state index in [0.29, 0.717) is 0 Å². The van der Waals surface area contributed by atoms with E-state index in [1.807, 2.05) is 32.0 Å². The summed E-state index contributed by atoms with van der Waals surface area (Å²) in [4.78, 5) is 12.1. The Morgan fingerprint density at radius 2 is 1.75 bits per heavy atom. The first kappa shape index (κ1) is 8.78. The van der Waals surface area contributed by atoms with Crippen LogP contribution in [0.25, 0.3) is 0 Å². The zero-order chi connectivity index (χ0) is 9.14. The lowest BCUT2D eigenvalue weighted by Crippen LogP contribution is -2.16. The van der Waals surface area contributed by atoms with Crippen molar-refractivity contribution < 1.29 is 4.79 Å². The van der Waals surface area contributed by atoms with Gasteiger partial charge in [0, 0.05) is 12.7 Å². The van der Waals surface area contributed by atoms with E-state index in [4.69, 9.17) is 0 Å². The van der Waals surface area contributed by atoms with Crippen molar-refractivity contribution in [2.45, 2.75) is 13.8 Å². The summed E-state index contributed by atoms with van der Waals surface area (Å²) in [5, 5.41) is 0. The monoisotopic (exact) mass is 163 g/mol. The van der Waals surface area contributed by atoms with Crippen molar-refractivity contribution in [3.05, 3.63) is 29.3 Å². The standard InChI is InChI=1S/C10H13NO/c1-8-5-4-6-9(2)10(8)11(3)7-12/h4-7H,1-3H3. The lowest BCUT2D eigenvalue weighted by molar-refractivity contribution is -0.107. The Balaban J connectivity index is 3.20. The SMILES string of the molecule is Cc1cccc(C)c1N(C)C=O. The zero-order valence-corrected chi connectivity index (χ0v) is 7.66. The summed E-state index contributed by atoms with van der Waals surface area (Å²) in [6.45, 7) is 4.00. The van der Waals surface area contributed by atoms with Gasteiger partial charge in [0.05, 0.1) is 0 Å². The Bertz CT molecular complexity index is 274. The number of aryl methyl sites for hydroxylation is 2. The van der Waals surface area contributed by atoms with Crippen LogP contribution >= 0.6 is 0 Å². The molecule has 0 N–H and O–H groups in total. The first-order chi connectivity index (χ1) is 5.66. The van der Waals surface area contributed by atoms with E-state index in [-0.39, 0.29) is 0 Å². The minimum Gasteiger partial charge on any atom is -0.318 e. The van der Waals surface area contributed by atoms with E-state index in [0.717, 1.165) is 23.2 Å². The highest BCUT2D eigenvalue weighted by Gasteiger charge is 2.04. The van der Waals surface area contributed by atoms with E-state index < -0.39 is 0 Å². The molecule has 0 saturated carbocycles. The molecule has 1 rings (SSSR count). The third kappa shape index (κ3) is 1.47. The van der Waals surface area contributed by atoms with Crippen LogP contribution in [0.15, 0.2) is 18.2 Å².